The van der Waals surface area contributed by atoms with E-state index in [9.17, 15) is 0 Å². The van der Waals surface area contributed by atoms with Gasteiger partial charge in [0.15, 0.2) is 0 Å². The lowest BCUT2D eigenvalue weighted by atomic mass is 9.49. The van der Waals surface area contributed by atoms with Crippen LogP contribution in [0.1, 0.15) is 48.5 Å². The molecule has 0 aromatic heterocycles. The molecule has 2 heterocycles. The van der Waals surface area contributed by atoms with Crippen LogP contribution in [0, 0.1) is 0 Å². The van der Waals surface area contributed by atoms with Gasteiger partial charge in [-0.3, -0.25) is 0 Å². The Hall–Kier alpha value is -0.720. The van der Waals surface area contributed by atoms with Crippen LogP contribution in [0.2, 0.25) is 0 Å². The van der Waals surface area contributed by atoms with Crippen LogP contribution in [0.15, 0.2) is 5.11 Å². The average molecular weight is 295 g/mol. The Morgan fingerprint density at radius 1 is 0.810 bits per heavy atom. The van der Waals surface area contributed by atoms with Crippen LogP contribution in [0.4, 0.5) is 0 Å². The Morgan fingerprint density at radius 2 is 1.24 bits per heavy atom. The third-order valence-electron chi connectivity index (χ3n) is 4.99. The summed E-state index contributed by atoms with van der Waals surface area (Å²) in [5, 5.41) is 3.63. The maximum Gasteiger partial charge on any atom is 0.488 e. The molecule has 0 amide bonds. The van der Waals surface area contributed by atoms with Gasteiger partial charge in [-0.15, -0.1) is 0 Å². The van der Waals surface area contributed by atoms with Crippen LogP contribution >= 0.6 is 0 Å². The minimum Gasteiger partial charge on any atom is -0.405 e. The van der Waals surface area contributed by atoms with Gasteiger partial charge in [-0.1, -0.05) is 5.11 Å². The van der Waals surface area contributed by atoms with Gasteiger partial charge in [0.1, 0.15) is 0 Å². The molecule has 2 rings (SSSR count). The maximum absolute atomic E-state index is 8.54. The summed E-state index contributed by atoms with van der Waals surface area (Å²) in [6.07, 6.45) is 0. The molecule has 116 valence electrons. The van der Waals surface area contributed by atoms with Crippen molar-refractivity contribution in [2.24, 2.45) is 5.11 Å². The van der Waals surface area contributed by atoms with E-state index in [-0.39, 0.29) is 6.54 Å². The molecule has 1 unspecified atom stereocenters. The molecule has 0 aromatic rings. The first kappa shape index (κ1) is 16.6. The third-order valence-corrected chi connectivity index (χ3v) is 4.99. The van der Waals surface area contributed by atoms with Gasteiger partial charge in [-0.2, -0.15) is 0 Å². The molecular weight excluding hydrogens is 272 g/mol. The van der Waals surface area contributed by atoms with Crippen molar-refractivity contribution in [3.63, 3.8) is 0 Å². The molecule has 1 atom stereocenters. The Bertz CT molecular complexity index is 463. The molecule has 0 aromatic carbocycles. The summed E-state index contributed by atoms with van der Waals surface area (Å²) in [5.74, 6) is 0. The Balaban J connectivity index is 2.17. The number of azide groups is 1. The fraction of sp³-hybridized carbons (Fsp3) is 1.00. The molecule has 21 heavy (non-hydrogen) atoms. The van der Waals surface area contributed by atoms with Crippen molar-refractivity contribution >= 4 is 14.0 Å². The first-order valence-electron chi connectivity index (χ1n) is 7.16. The zero-order valence-corrected chi connectivity index (χ0v) is 13.8. The Labute approximate surface area is 126 Å². The second kappa shape index (κ2) is 4.89. The summed E-state index contributed by atoms with van der Waals surface area (Å²) in [6.45, 7) is 13.8. The minimum absolute atomic E-state index is 0.187. The number of rotatable bonds is 3. The van der Waals surface area contributed by atoms with E-state index >= 15 is 0 Å². The molecule has 0 spiro atoms. The second-order valence-corrected chi connectivity index (χ2v) is 7.36. The van der Waals surface area contributed by atoms with E-state index in [0.29, 0.717) is 0 Å². The Kier molecular flexibility index (Phi) is 3.88. The number of hydrogen-bond donors (Lipinski definition) is 0. The number of hydrogen-bond acceptors (Lipinski definition) is 5. The van der Waals surface area contributed by atoms with Gasteiger partial charge < -0.3 is 18.6 Å². The molecule has 2 aliphatic heterocycles. The van der Waals surface area contributed by atoms with Crippen molar-refractivity contribution in [2.75, 3.05) is 6.54 Å². The van der Waals surface area contributed by atoms with E-state index < -0.39 is 36.4 Å². The predicted molar refractivity (Wildman–Crippen MR) is 80.5 cm³/mol. The van der Waals surface area contributed by atoms with Crippen LogP contribution in [-0.4, -0.2) is 43.0 Å². The van der Waals surface area contributed by atoms with Gasteiger partial charge >= 0.3 is 14.0 Å². The van der Waals surface area contributed by atoms with E-state index in [1.807, 2.05) is 48.5 Å². The highest BCUT2D eigenvalue weighted by Crippen LogP contribution is 2.43. The second-order valence-electron chi connectivity index (χ2n) is 7.36. The van der Waals surface area contributed by atoms with E-state index in [2.05, 4.69) is 10.0 Å². The predicted octanol–water partition coefficient (Wildman–Crippen LogP) is 2.54. The van der Waals surface area contributed by atoms with Crippen molar-refractivity contribution in [3.8, 4) is 0 Å². The van der Waals surface area contributed by atoms with E-state index in [1.54, 1.807) is 0 Å². The van der Waals surface area contributed by atoms with Crippen molar-refractivity contribution in [1.82, 2.24) is 0 Å². The molecule has 2 aliphatic rings. The largest absolute Gasteiger partial charge is 0.488 e. The molecular formula is C12H23B2N3O4. The fourth-order valence-electron chi connectivity index (χ4n) is 2.34. The van der Waals surface area contributed by atoms with E-state index in [1.165, 1.54) is 0 Å². The van der Waals surface area contributed by atoms with Gasteiger partial charge in [0.25, 0.3) is 0 Å². The van der Waals surface area contributed by atoms with Crippen molar-refractivity contribution in [3.05, 3.63) is 10.4 Å². The molecule has 2 fully saturated rings. The highest BCUT2D eigenvalue weighted by Gasteiger charge is 2.64. The highest BCUT2D eigenvalue weighted by atomic mass is 16.7. The molecule has 0 N–H and O–H groups in total. The van der Waals surface area contributed by atoms with E-state index in [0.717, 1.165) is 0 Å². The summed E-state index contributed by atoms with van der Waals surface area (Å²) in [6, 6.07) is 0. The molecule has 0 bridgehead atoms. The lowest BCUT2D eigenvalue weighted by Gasteiger charge is -2.35. The molecule has 0 saturated carbocycles. The molecule has 9 heteroatoms. The Morgan fingerprint density at radius 3 is 1.71 bits per heavy atom. The summed E-state index contributed by atoms with van der Waals surface area (Å²) in [7, 11) is -1.26. The lowest BCUT2D eigenvalue weighted by Crippen LogP contribution is -2.47. The van der Waals surface area contributed by atoms with Crippen LogP contribution in [-0.2, 0) is 18.6 Å². The van der Waals surface area contributed by atoms with Crippen molar-refractivity contribution in [2.45, 2.75) is 70.9 Å². The first-order chi connectivity index (χ1) is 9.44. The standard InChI is InChI=1S/C12H23B2N3O4/c1-9(2)10(3,4)19-13(18-9)14-20-11(5,6)12(7,21-14)8-16-17-15/h8H2,1-7H3. The van der Waals surface area contributed by atoms with Crippen LogP contribution in [0.3, 0.4) is 0 Å². The van der Waals surface area contributed by atoms with Crippen molar-refractivity contribution in [1.29, 1.82) is 0 Å². The summed E-state index contributed by atoms with van der Waals surface area (Å²) in [5.41, 5.74) is 6.30. The maximum atomic E-state index is 8.54. The smallest absolute Gasteiger partial charge is 0.405 e. The summed E-state index contributed by atoms with van der Waals surface area (Å²) < 4.78 is 23.9. The topological polar surface area (TPSA) is 85.7 Å². The number of nitrogens with zero attached hydrogens (tertiary/aromatic N) is 3. The third kappa shape index (κ3) is 2.69. The minimum atomic E-state index is -0.729. The van der Waals surface area contributed by atoms with Gasteiger partial charge in [-0.05, 0) is 54.0 Å². The zero-order chi connectivity index (χ0) is 16.1. The first-order valence-corrected chi connectivity index (χ1v) is 7.16. The SMILES string of the molecule is CC1(C)OB(B2OC(C)(C)C(C)(CN=[N+]=[N-])O2)OC1(C)C. The van der Waals surface area contributed by atoms with Gasteiger partial charge in [0.2, 0.25) is 0 Å². The fourth-order valence-corrected chi connectivity index (χ4v) is 2.34. The summed E-state index contributed by atoms with van der Waals surface area (Å²) >= 11 is 0. The van der Waals surface area contributed by atoms with Crippen LogP contribution in [0.25, 0.3) is 10.4 Å². The molecule has 0 aliphatic carbocycles. The normalized spacial score (nSPS) is 33.1. The summed E-state index contributed by atoms with van der Waals surface area (Å²) in [4.78, 5) is 2.81. The monoisotopic (exact) mass is 295 g/mol. The molecule has 2 saturated heterocycles. The average Bonchev–Trinajstić information content (AvgIpc) is 2.68. The lowest BCUT2D eigenvalue weighted by molar-refractivity contribution is -0.00178. The quantitative estimate of drug-likeness (QED) is 0.346. The van der Waals surface area contributed by atoms with Gasteiger partial charge in [-0.25, -0.2) is 0 Å². The van der Waals surface area contributed by atoms with Gasteiger partial charge in [0.05, 0.1) is 28.9 Å². The molecule has 0 radical (unpaired) electrons. The molecule has 7 nitrogen and oxygen atoms in total. The zero-order valence-electron chi connectivity index (χ0n) is 13.8. The van der Waals surface area contributed by atoms with E-state index in [4.69, 9.17) is 24.1 Å². The van der Waals surface area contributed by atoms with Crippen molar-refractivity contribution < 1.29 is 18.6 Å². The van der Waals surface area contributed by atoms with Gasteiger partial charge in [0, 0.05) is 4.91 Å². The van der Waals surface area contributed by atoms with Crippen LogP contribution in [0.5, 0.6) is 0 Å². The van der Waals surface area contributed by atoms with Crippen LogP contribution < -0.4 is 0 Å². The highest BCUT2D eigenvalue weighted by molar-refractivity contribution is 7.11.